The molecule has 0 amide bonds. The highest BCUT2D eigenvalue weighted by molar-refractivity contribution is 7.91. The van der Waals surface area contributed by atoms with Gasteiger partial charge in [-0.05, 0) is 59.3 Å². The number of sulfonamides is 1. The van der Waals surface area contributed by atoms with E-state index in [1.54, 1.807) is 27.9 Å². The predicted molar refractivity (Wildman–Crippen MR) is 134 cm³/mol. The van der Waals surface area contributed by atoms with Crippen LogP contribution in [0.1, 0.15) is 22.4 Å². The number of fused-ring (bicyclic) bond motifs is 1. The molecule has 0 bridgehead atoms. The Hall–Kier alpha value is -3.38. The van der Waals surface area contributed by atoms with Gasteiger partial charge in [-0.25, -0.2) is 8.42 Å². The predicted octanol–water partition coefficient (Wildman–Crippen LogP) is 4.77. The Kier molecular flexibility index (Phi) is 6.24. The van der Waals surface area contributed by atoms with Gasteiger partial charge < -0.3 is 9.88 Å². The molecular weight excluding hydrogens is 464 g/mol. The van der Waals surface area contributed by atoms with E-state index in [2.05, 4.69) is 16.0 Å². The van der Waals surface area contributed by atoms with Gasteiger partial charge in [-0.15, -0.1) is 11.3 Å². The van der Waals surface area contributed by atoms with Crippen LogP contribution in [0.5, 0.6) is 0 Å². The maximum Gasteiger partial charge on any atom is 0.253 e. The van der Waals surface area contributed by atoms with Crippen LogP contribution in [0, 0.1) is 11.3 Å². The van der Waals surface area contributed by atoms with E-state index in [1.807, 2.05) is 60.8 Å². The fourth-order valence-corrected chi connectivity index (χ4v) is 7.22. The zero-order valence-electron chi connectivity index (χ0n) is 18.5. The second-order valence-corrected chi connectivity index (χ2v) is 11.4. The van der Waals surface area contributed by atoms with Crippen molar-refractivity contribution in [2.24, 2.45) is 0 Å². The summed E-state index contributed by atoms with van der Waals surface area (Å²) < 4.78 is 29.6. The van der Waals surface area contributed by atoms with E-state index >= 15 is 0 Å². The van der Waals surface area contributed by atoms with Crippen molar-refractivity contribution < 1.29 is 8.42 Å². The molecular formula is C26H24N4O2S2. The van der Waals surface area contributed by atoms with Gasteiger partial charge in [0.25, 0.3) is 10.0 Å². The summed E-state index contributed by atoms with van der Waals surface area (Å²) in [4.78, 5) is 5.48. The molecule has 1 aliphatic rings. The second-order valence-electron chi connectivity index (χ2n) is 8.36. The van der Waals surface area contributed by atoms with Crippen LogP contribution in [-0.4, -0.2) is 30.3 Å². The van der Waals surface area contributed by atoms with E-state index in [4.69, 9.17) is 0 Å². The zero-order valence-corrected chi connectivity index (χ0v) is 20.1. The van der Waals surface area contributed by atoms with E-state index in [9.17, 15) is 13.7 Å². The lowest BCUT2D eigenvalue weighted by Gasteiger charge is -2.32. The first-order valence-corrected chi connectivity index (χ1v) is 13.4. The minimum absolute atomic E-state index is 0.212. The van der Waals surface area contributed by atoms with Crippen molar-refractivity contribution >= 4 is 27.0 Å². The van der Waals surface area contributed by atoms with Crippen LogP contribution >= 0.6 is 11.3 Å². The number of hydrogen-bond donors (Lipinski definition) is 1. The second kappa shape index (κ2) is 9.47. The number of anilines is 1. The Morgan fingerprint density at radius 2 is 1.91 bits per heavy atom. The highest BCUT2D eigenvalue weighted by atomic mass is 32.2. The van der Waals surface area contributed by atoms with Crippen molar-refractivity contribution in [1.82, 2.24) is 9.29 Å². The molecule has 5 rings (SSSR count). The molecule has 2 aromatic heterocycles. The molecule has 172 valence electrons. The summed E-state index contributed by atoms with van der Waals surface area (Å²) in [5, 5.41) is 11.3. The van der Waals surface area contributed by atoms with Crippen molar-refractivity contribution in [3.05, 3.63) is 107 Å². The normalized spacial score (nSPS) is 16.6. The lowest BCUT2D eigenvalue weighted by Crippen LogP contribution is -2.45. The zero-order chi connectivity index (χ0) is 23.5. The maximum absolute atomic E-state index is 13.8. The molecule has 2 aromatic carbocycles. The molecule has 0 fully saturated rings. The van der Waals surface area contributed by atoms with Crippen LogP contribution < -0.4 is 4.90 Å². The van der Waals surface area contributed by atoms with Crippen LogP contribution in [0.25, 0.3) is 0 Å². The van der Waals surface area contributed by atoms with E-state index < -0.39 is 10.0 Å². The van der Waals surface area contributed by atoms with Crippen molar-refractivity contribution in [1.29, 1.82) is 5.26 Å². The summed E-state index contributed by atoms with van der Waals surface area (Å²) in [5.41, 5.74) is 4.44. The largest absolute Gasteiger partial charge is 0.364 e. The number of nitriles is 1. The highest BCUT2D eigenvalue weighted by Crippen LogP contribution is 2.34. The van der Waals surface area contributed by atoms with Crippen LogP contribution in [0.3, 0.4) is 0 Å². The first-order valence-electron chi connectivity index (χ1n) is 11.0. The number of H-pyrrole nitrogens is 1. The minimum Gasteiger partial charge on any atom is -0.364 e. The van der Waals surface area contributed by atoms with Crippen molar-refractivity contribution in [2.75, 3.05) is 11.4 Å². The van der Waals surface area contributed by atoms with Crippen LogP contribution in [-0.2, 0) is 29.5 Å². The van der Waals surface area contributed by atoms with Gasteiger partial charge in [0.15, 0.2) is 0 Å². The molecule has 34 heavy (non-hydrogen) atoms. The van der Waals surface area contributed by atoms with Gasteiger partial charge in [-0.2, -0.15) is 9.57 Å². The Labute approximate surface area is 203 Å². The Morgan fingerprint density at radius 3 is 2.62 bits per heavy atom. The molecule has 0 spiro atoms. The van der Waals surface area contributed by atoms with Gasteiger partial charge in [0.2, 0.25) is 0 Å². The van der Waals surface area contributed by atoms with Crippen molar-refractivity contribution in [3.63, 3.8) is 0 Å². The summed E-state index contributed by atoms with van der Waals surface area (Å²) in [7, 11) is -3.72. The molecule has 0 saturated carbocycles. The number of benzene rings is 2. The quantitative estimate of drug-likeness (QED) is 0.424. The van der Waals surface area contributed by atoms with Gasteiger partial charge in [-0.1, -0.05) is 36.4 Å². The highest BCUT2D eigenvalue weighted by Gasteiger charge is 2.37. The lowest BCUT2D eigenvalue weighted by molar-refractivity contribution is 0.318. The summed E-state index contributed by atoms with van der Waals surface area (Å²) in [6.45, 7) is 1.35. The average molecular weight is 489 g/mol. The number of rotatable bonds is 6. The van der Waals surface area contributed by atoms with Gasteiger partial charge in [0.05, 0.1) is 18.2 Å². The molecule has 0 saturated heterocycles. The number of aromatic amines is 1. The topological polar surface area (TPSA) is 80.2 Å². The third kappa shape index (κ3) is 4.50. The fourth-order valence-electron chi connectivity index (χ4n) is 4.51. The molecule has 0 radical (unpaired) electrons. The third-order valence-electron chi connectivity index (χ3n) is 6.11. The third-order valence-corrected chi connectivity index (χ3v) is 9.38. The molecule has 3 heterocycles. The Morgan fingerprint density at radius 1 is 1.06 bits per heavy atom. The van der Waals surface area contributed by atoms with Gasteiger partial charge >= 0.3 is 0 Å². The van der Waals surface area contributed by atoms with Gasteiger partial charge in [-0.3, -0.25) is 0 Å². The molecule has 6 nitrogen and oxygen atoms in total. The van der Waals surface area contributed by atoms with Crippen molar-refractivity contribution in [3.8, 4) is 6.07 Å². The number of thiophene rings is 1. The summed E-state index contributed by atoms with van der Waals surface area (Å²) in [6, 6.07) is 24.9. The monoisotopic (exact) mass is 488 g/mol. The van der Waals surface area contributed by atoms with Gasteiger partial charge in [0, 0.05) is 36.7 Å². The number of nitrogens with zero attached hydrogens (tertiary/aromatic N) is 3. The van der Waals surface area contributed by atoms with Crippen LogP contribution in [0.4, 0.5) is 5.69 Å². The van der Waals surface area contributed by atoms with E-state index in [0.717, 1.165) is 22.5 Å². The van der Waals surface area contributed by atoms with E-state index in [0.29, 0.717) is 29.3 Å². The number of nitrogens with one attached hydrogen (secondary N) is 1. The molecule has 1 N–H and O–H groups in total. The van der Waals surface area contributed by atoms with Crippen molar-refractivity contribution in [2.45, 2.75) is 29.8 Å². The Balaban J connectivity index is 1.62. The molecule has 8 heteroatoms. The summed E-state index contributed by atoms with van der Waals surface area (Å²) >= 11 is 1.23. The minimum atomic E-state index is -3.72. The average Bonchev–Trinajstić information content (AvgIpc) is 3.55. The molecule has 0 aliphatic carbocycles. The first-order chi connectivity index (χ1) is 16.5. The van der Waals surface area contributed by atoms with Crippen LogP contribution in [0.15, 0.2) is 88.6 Å². The lowest BCUT2D eigenvalue weighted by atomic mass is 10.1. The summed E-state index contributed by atoms with van der Waals surface area (Å²) in [5.74, 6) is 0. The Bertz CT molecular complexity index is 1390. The first kappa shape index (κ1) is 22.4. The van der Waals surface area contributed by atoms with E-state index in [-0.39, 0.29) is 12.6 Å². The molecule has 1 aliphatic heterocycles. The smallest absolute Gasteiger partial charge is 0.253 e. The maximum atomic E-state index is 13.8. The summed E-state index contributed by atoms with van der Waals surface area (Å²) in [6.07, 6.45) is 2.48. The van der Waals surface area contributed by atoms with Gasteiger partial charge in [0.1, 0.15) is 4.21 Å². The molecule has 1 atom stereocenters. The SMILES string of the molecule is N#Cc1ccc2c(c1)CN(S(=O)(=O)c1cccs1)[C@H](Cc1ccccc1)CN2Cc1ccc[nH]1. The molecule has 4 aromatic rings. The van der Waals surface area contributed by atoms with E-state index in [1.165, 1.54) is 11.3 Å². The molecule has 0 unspecified atom stereocenters. The number of aromatic nitrogens is 1. The van der Waals surface area contributed by atoms with Crippen LogP contribution in [0.2, 0.25) is 0 Å². The standard InChI is InChI=1S/C26H24N4O2S2/c27-16-21-10-11-25-22(14-21)17-30(34(31,32)26-9-5-13-33-26)24(15-20-6-2-1-3-7-20)19-29(25)18-23-8-4-12-28-23/h1-14,24,28H,15,17-19H2/t24-/m1/s1. The number of hydrogen-bond acceptors (Lipinski definition) is 5. The fraction of sp³-hybridized carbons (Fsp3) is 0.192.